The van der Waals surface area contributed by atoms with Gasteiger partial charge < -0.3 is 0 Å². The molecule has 3 nitrogen and oxygen atoms in total. The summed E-state index contributed by atoms with van der Waals surface area (Å²) in [5, 5.41) is 5.79. The zero-order valence-corrected chi connectivity index (χ0v) is 13.5. The Morgan fingerprint density at radius 1 is 1.14 bits per heavy atom. The van der Waals surface area contributed by atoms with E-state index in [4.69, 9.17) is 34.8 Å². The number of aromatic nitrogens is 3. The van der Waals surface area contributed by atoms with E-state index in [0.29, 0.717) is 26.5 Å². The Balaban J connectivity index is 2.26. The molecule has 21 heavy (non-hydrogen) atoms. The second kappa shape index (κ2) is 5.84. The van der Waals surface area contributed by atoms with Gasteiger partial charge in [-0.1, -0.05) is 66.3 Å². The van der Waals surface area contributed by atoms with Crippen LogP contribution in [0.2, 0.25) is 15.3 Å². The van der Waals surface area contributed by atoms with Crippen LogP contribution in [0.1, 0.15) is 19.0 Å². The number of fused-ring (bicyclic) bond motifs is 1. The summed E-state index contributed by atoms with van der Waals surface area (Å²) in [7, 11) is 0. The maximum absolute atomic E-state index is 6.48. The molecule has 0 amide bonds. The maximum Gasteiger partial charge on any atom is 0.158 e. The van der Waals surface area contributed by atoms with E-state index in [1.807, 2.05) is 24.3 Å². The molecule has 0 saturated heterocycles. The second-order valence-electron chi connectivity index (χ2n) is 4.70. The lowest BCUT2D eigenvalue weighted by Crippen LogP contribution is -1.97. The molecule has 0 N–H and O–H groups in total. The summed E-state index contributed by atoms with van der Waals surface area (Å²) in [4.78, 5) is 4.38. The maximum atomic E-state index is 6.48. The van der Waals surface area contributed by atoms with Gasteiger partial charge in [-0.2, -0.15) is 5.10 Å². The van der Waals surface area contributed by atoms with E-state index in [1.165, 1.54) is 0 Å². The molecule has 2 aromatic heterocycles. The third-order valence-electron chi connectivity index (χ3n) is 3.20. The molecule has 6 heteroatoms. The van der Waals surface area contributed by atoms with Crippen molar-refractivity contribution in [2.75, 3.05) is 0 Å². The lowest BCUT2D eigenvalue weighted by molar-refractivity contribution is 0.834. The van der Waals surface area contributed by atoms with Crippen LogP contribution in [-0.2, 0) is 6.42 Å². The third kappa shape index (κ3) is 2.61. The molecule has 0 aliphatic rings. The van der Waals surface area contributed by atoms with Gasteiger partial charge in [-0.05, 0) is 12.5 Å². The van der Waals surface area contributed by atoms with Crippen molar-refractivity contribution >= 4 is 40.4 Å². The number of benzene rings is 1. The van der Waals surface area contributed by atoms with Crippen molar-refractivity contribution in [2.24, 2.45) is 0 Å². The zero-order chi connectivity index (χ0) is 15.0. The molecule has 108 valence electrons. The van der Waals surface area contributed by atoms with Gasteiger partial charge in [-0.25, -0.2) is 9.50 Å². The standard InChI is InChI=1S/C15H12Cl3N3/c1-2-5-9-8-12-19-14(17)13(15(18)21(12)20-9)10-6-3-4-7-11(10)16/h3-4,6-8H,2,5H2,1H3. The minimum Gasteiger partial charge on any atom is -0.216 e. The van der Waals surface area contributed by atoms with Crippen LogP contribution in [0.5, 0.6) is 0 Å². The number of aryl methyl sites for hydroxylation is 1. The van der Waals surface area contributed by atoms with Gasteiger partial charge >= 0.3 is 0 Å². The Morgan fingerprint density at radius 2 is 1.90 bits per heavy atom. The fourth-order valence-corrected chi connectivity index (χ4v) is 3.13. The Hall–Kier alpha value is -1.29. The fraction of sp³-hybridized carbons (Fsp3) is 0.200. The summed E-state index contributed by atoms with van der Waals surface area (Å²) >= 11 is 19.0. The van der Waals surface area contributed by atoms with Gasteiger partial charge in [0.25, 0.3) is 0 Å². The summed E-state index contributed by atoms with van der Waals surface area (Å²) < 4.78 is 1.61. The first-order chi connectivity index (χ1) is 10.1. The van der Waals surface area contributed by atoms with Gasteiger partial charge in [-0.3, -0.25) is 0 Å². The van der Waals surface area contributed by atoms with Gasteiger partial charge in [0.2, 0.25) is 0 Å². The largest absolute Gasteiger partial charge is 0.216 e. The minimum atomic E-state index is 0.323. The monoisotopic (exact) mass is 339 g/mol. The van der Waals surface area contributed by atoms with Crippen molar-refractivity contribution in [3.8, 4) is 11.1 Å². The topological polar surface area (TPSA) is 30.2 Å². The molecule has 0 bridgehead atoms. The number of halogens is 3. The van der Waals surface area contributed by atoms with Crippen LogP contribution in [-0.4, -0.2) is 14.6 Å². The van der Waals surface area contributed by atoms with Crippen LogP contribution >= 0.6 is 34.8 Å². The van der Waals surface area contributed by atoms with E-state index in [1.54, 1.807) is 10.6 Å². The number of nitrogens with zero attached hydrogens (tertiary/aromatic N) is 3. The fourth-order valence-electron chi connectivity index (χ4n) is 2.25. The highest BCUT2D eigenvalue weighted by atomic mass is 35.5. The predicted molar refractivity (Wildman–Crippen MR) is 87.4 cm³/mol. The highest BCUT2D eigenvalue weighted by Gasteiger charge is 2.18. The van der Waals surface area contributed by atoms with Crippen LogP contribution < -0.4 is 0 Å². The summed E-state index contributed by atoms with van der Waals surface area (Å²) in [5.74, 6) is 0. The van der Waals surface area contributed by atoms with Gasteiger partial charge in [0.05, 0.1) is 11.3 Å². The first-order valence-electron chi connectivity index (χ1n) is 6.60. The highest BCUT2D eigenvalue weighted by Crippen LogP contribution is 2.37. The second-order valence-corrected chi connectivity index (χ2v) is 5.83. The quantitative estimate of drug-likeness (QED) is 0.605. The molecule has 0 unspecified atom stereocenters. The number of hydrogen-bond acceptors (Lipinski definition) is 2. The normalized spacial score (nSPS) is 11.2. The van der Waals surface area contributed by atoms with Crippen LogP contribution in [0, 0.1) is 0 Å². The van der Waals surface area contributed by atoms with Gasteiger partial charge in [-0.15, -0.1) is 0 Å². The van der Waals surface area contributed by atoms with Crippen LogP contribution in [0.4, 0.5) is 0 Å². The van der Waals surface area contributed by atoms with E-state index in [0.717, 1.165) is 24.1 Å². The van der Waals surface area contributed by atoms with Crippen molar-refractivity contribution < 1.29 is 0 Å². The number of rotatable bonds is 3. The molecular weight excluding hydrogens is 329 g/mol. The molecule has 0 fully saturated rings. The molecule has 0 radical (unpaired) electrons. The van der Waals surface area contributed by atoms with Gasteiger partial charge in [0.15, 0.2) is 5.65 Å². The molecule has 0 aliphatic carbocycles. The lowest BCUT2D eigenvalue weighted by atomic mass is 10.1. The van der Waals surface area contributed by atoms with Crippen molar-refractivity contribution in [3.05, 3.63) is 51.4 Å². The lowest BCUT2D eigenvalue weighted by Gasteiger charge is -2.09. The predicted octanol–water partition coefficient (Wildman–Crippen LogP) is 5.31. The molecule has 0 aliphatic heterocycles. The van der Waals surface area contributed by atoms with Crippen molar-refractivity contribution in [3.63, 3.8) is 0 Å². The average molecular weight is 341 g/mol. The van der Waals surface area contributed by atoms with Crippen molar-refractivity contribution in [1.82, 2.24) is 14.6 Å². The minimum absolute atomic E-state index is 0.323. The Labute approximate surface area is 137 Å². The summed E-state index contributed by atoms with van der Waals surface area (Å²) in [6, 6.07) is 9.28. The van der Waals surface area contributed by atoms with Crippen molar-refractivity contribution in [1.29, 1.82) is 0 Å². The summed E-state index contributed by atoms with van der Waals surface area (Å²) in [5.41, 5.74) is 2.93. The molecule has 2 heterocycles. The van der Waals surface area contributed by atoms with Gasteiger partial charge in [0, 0.05) is 16.7 Å². The highest BCUT2D eigenvalue weighted by molar-refractivity contribution is 6.40. The Kier molecular flexibility index (Phi) is 4.07. The average Bonchev–Trinajstić information content (AvgIpc) is 2.84. The molecule has 3 rings (SSSR count). The van der Waals surface area contributed by atoms with Crippen LogP contribution in [0.3, 0.4) is 0 Å². The van der Waals surface area contributed by atoms with Gasteiger partial charge in [0.1, 0.15) is 10.3 Å². The molecular formula is C15H12Cl3N3. The zero-order valence-electron chi connectivity index (χ0n) is 11.3. The summed E-state index contributed by atoms with van der Waals surface area (Å²) in [6.07, 6.45) is 1.88. The van der Waals surface area contributed by atoms with Crippen molar-refractivity contribution in [2.45, 2.75) is 19.8 Å². The van der Waals surface area contributed by atoms with Crippen LogP contribution in [0.25, 0.3) is 16.8 Å². The first kappa shape index (κ1) is 14.6. The van der Waals surface area contributed by atoms with E-state index in [2.05, 4.69) is 17.0 Å². The Bertz CT molecular complexity index is 811. The molecule has 3 aromatic rings. The van der Waals surface area contributed by atoms with E-state index in [9.17, 15) is 0 Å². The van der Waals surface area contributed by atoms with E-state index >= 15 is 0 Å². The van der Waals surface area contributed by atoms with Crippen LogP contribution in [0.15, 0.2) is 30.3 Å². The molecule has 0 saturated carbocycles. The SMILES string of the molecule is CCCc1cc2nc(Cl)c(-c3ccccc3Cl)c(Cl)n2n1. The molecule has 0 atom stereocenters. The third-order valence-corrected chi connectivity index (χ3v) is 4.15. The molecule has 0 spiro atoms. The first-order valence-corrected chi connectivity index (χ1v) is 7.73. The Morgan fingerprint density at radius 3 is 2.62 bits per heavy atom. The number of hydrogen-bond donors (Lipinski definition) is 0. The van der Waals surface area contributed by atoms with E-state index < -0.39 is 0 Å². The molecule has 1 aromatic carbocycles. The summed E-state index contributed by atoms with van der Waals surface area (Å²) in [6.45, 7) is 2.10. The smallest absolute Gasteiger partial charge is 0.158 e. The van der Waals surface area contributed by atoms with E-state index in [-0.39, 0.29) is 0 Å².